The monoisotopic (exact) mass is 586 g/mol. The Balaban J connectivity index is 1.36. The number of nitrogens with zero attached hydrogens (tertiary/aromatic N) is 2. The van der Waals surface area contributed by atoms with Gasteiger partial charge in [-0.05, 0) is 135 Å². The van der Waals surface area contributed by atoms with Gasteiger partial charge in [0, 0.05) is 40.8 Å². The van der Waals surface area contributed by atoms with Crippen molar-refractivity contribution in [2.45, 2.75) is 54.4 Å². The molecule has 0 unspecified atom stereocenters. The first-order valence-corrected chi connectivity index (χ1v) is 15.3. The maximum absolute atomic E-state index is 14.3. The molecule has 0 radical (unpaired) electrons. The highest BCUT2D eigenvalue weighted by atomic mass is 19.1. The molecule has 0 aliphatic rings. The van der Waals surface area contributed by atoms with Gasteiger partial charge in [-0.15, -0.1) is 0 Å². The third-order valence-corrected chi connectivity index (χ3v) is 9.63. The molecule has 0 aliphatic heterocycles. The van der Waals surface area contributed by atoms with Crippen molar-refractivity contribution in [3.05, 3.63) is 129 Å². The summed E-state index contributed by atoms with van der Waals surface area (Å²) in [6.07, 6.45) is 1.84. The first-order valence-electron chi connectivity index (χ1n) is 15.3. The minimum absolute atomic E-state index is 0.172. The summed E-state index contributed by atoms with van der Waals surface area (Å²) in [5.41, 5.74) is 15.7. The molecule has 44 heavy (non-hydrogen) atoms. The van der Waals surface area contributed by atoms with Gasteiger partial charge in [0.05, 0.1) is 5.39 Å². The SMILES string of the molecule is Cc1cc(CCc2cc(C)c(C)c(-c3ccc4cc(F)c(C)cc4[n+]3C)c2)c(C)c(-c2ccc3c(C)c(F)ccc3[n+]2C)c1. The molecule has 0 N–H and O–H groups in total. The summed E-state index contributed by atoms with van der Waals surface area (Å²) in [5, 5.41) is 1.84. The fraction of sp³-hybridized carbons (Fsp3) is 0.250. The number of aryl methyl sites for hydroxylation is 8. The van der Waals surface area contributed by atoms with Crippen molar-refractivity contribution in [1.29, 1.82) is 0 Å². The summed E-state index contributed by atoms with van der Waals surface area (Å²) < 4.78 is 32.9. The molecule has 0 amide bonds. The number of rotatable bonds is 5. The predicted molar refractivity (Wildman–Crippen MR) is 177 cm³/mol. The van der Waals surface area contributed by atoms with Crippen molar-refractivity contribution >= 4 is 21.8 Å². The van der Waals surface area contributed by atoms with E-state index in [1.807, 2.05) is 38.1 Å². The van der Waals surface area contributed by atoms with E-state index in [2.05, 4.69) is 87.3 Å². The van der Waals surface area contributed by atoms with Crippen LogP contribution in [0, 0.1) is 53.2 Å². The van der Waals surface area contributed by atoms with Gasteiger partial charge in [0.15, 0.2) is 0 Å². The Morgan fingerprint density at radius 3 is 1.98 bits per heavy atom. The van der Waals surface area contributed by atoms with Crippen molar-refractivity contribution in [1.82, 2.24) is 0 Å². The third kappa shape index (κ3) is 5.06. The van der Waals surface area contributed by atoms with Crippen molar-refractivity contribution in [2.24, 2.45) is 14.1 Å². The molecule has 2 heterocycles. The van der Waals surface area contributed by atoms with E-state index in [4.69, 9.17) is 0 Å². The van der Waals surface area contributed by atoms with Gasteiger partial charge < -0.3 is 0 Å². The summed E-state index contributed by atoms with van der Waals surface area (Å²) in [6, 6.07) is 24.5. The van der Waals surface area contributed by atoms with Crippen LogP contribution < -0.4 is 9.13 Å². The van der Waals surface area contributed by atoms with E-state index < -0.39 is 0 Å². The number of benzene rings is 4. The van der Waals surface area contributed by atoms with Gasteiger partial charge in [-0.3, -0.25) is 0 Å². The van der Waals surface area contributed by atoms with Crippen LogP contribution in [-0.4, -0.2) is 0 Å². The van der Waals surface area contributed by atoms with Crippen LogP contribution in [0.25, 0.3) is 44.3 Å². The molecule has 2 aromatic heterocycles. The number of hydrogen-bond acceptors (Lipinski definition) is 0. The third-order valence-electron chi connectivity index (χ3n) is 9.63. The molecule has 0 spiro atoms. The second-order valence-corrected chi connectivity index (χ2v) is 12.5. The summed E-state index contributed by atoms with van der Waals surface area (Å²) >= 11 is 0. The van der Waals surface area contributed by atoms with Gasteiger partial charge in [-0.2, -0.15) is 9.13 Å². The highest BCUT2D eigenvalue weighted by Crippen LogP contribution is 2.31. The second kappa shape index (κ2) is 11.2. The lowest BCUT2D eigenvalue weighted by Crippen LogP contribution is -2.32. The number of hydrogen-bond donors (Lipinski definition) is 0. The molecule has 0 bridgehead atoms. The zero-order chi connectivity index (χ0) is 31.4. The van der Waals surface area contributed by atoms with E-state index in [1.54, 1.807) is 12.1 Å². The molecule has 0 saturated carbocycles. The van der Waals surface area contributed by atoms with Gasteiger partial charge >= 0.3 is 0 Å². The van der Waals surface area contributed by atoms with Crippen LogP contribution in [0.1, 0.15) is 44.5 Å². The first-order chi connectivity index (χ1) is 20.9. The van der Waals surface area contributed by atoms with E-state index in [0.29, 0.717) is 11.1 Å². The molecular weight excluding hydrogens is 546 g/mol. The maximum Gasteiger partial charge on any atom is 0.213 e. The number of aromatic nitrogens is 2. The van der Waals surface area contributed by atoms with Crippen molar-refractivity contribution < 1.29 is 17.9 Å². The summed E-state index contributed by atoms with van der Waals surface area (Å²) in [7, 11) is 4.14. The zero-order valence-corrected chi connectivity index (χ0v) is 27.0. The van der Waals surface area contributed by atoms with Gasteiger partial charge in [-0.1, -0.05) is 12.1 Å². The molecule has 6 aromatic rings. The van der Waals surface area contributed by atoms with Crippen LogP contribution in [0.5, 0.6) is 0 Å². The molecule has 4 aromatic carbocycles. The number of halogens is 2. The standard InChI is InChI=1S/C40H40F2N2/c1-23-17-30(27(5)33(18-23)39-15-12-32-28(6)35(41)13-16-37(32)43(39)7)10-9-29-19-24(2)26(4)34(21-29)38-14-11-31-22-36(42)25(3)20-40(31)44(38)8/h11-22H,9-10H2,1-8H3/q+2. The number of pyridine rings is 2. The van der Waals surface area contributed by atoms with Crippen LogP contribution >= 0.6 is 0 Å². The van der Waals surface area contributed by atoms with E-state index in [0.717, 1.165) is 46.0 Å². The highest BCUT2D eigenvalue weighted by molar-refractivity contribution is 5.82. The van der Waals surface area contributed by atoms with E-state index in [-0.39, 0.29) is 11.6 Å². The average Bonchev–Trinajstić information content (AvgIpc) is 2.99. The lowest BCUT2D eigenvalue weighted by molar-refractivity contribution is -0.633. The van der Waals surface area contributed by atoms with E-state index in [9.17, 15) is 8.78 Å². The molecule has 0 atom stereocenters. The Bertz CT molecular complexity index is 2120. The Kier molecular flexibility index (Phi) is 7.57. The van der Waals surface area contributed by atoms with E-state index in [1.165, 1.54) is 44.5 Å². The fourth-order valence-electron chi connectivity index (χ4n) is 6.73. The smallest absolute Gasteiger partial charge is 0.207 e. The maximum atomic E-state index is 14.3. The quantitative estimate of drug-likeness (QED) is 0.178. The largest absolute Gasteiger partial charge is 0.213 e. The molecular formula is C40H40F2N2+2. The lowest BCUT2D eigenvalue weighted by atomic mass is 9.90. The average molecular weight is 587 g/mol. The van der Waals surface area contributed by atoms with Crippen LogP contribution in [-0.2, 0) is 26.9 Å². The Hall–Kier alpha value is -4.44. The highest BCUT2D eigenvalue weighted by Gasteiger charge is 2.21. The normalized spacial score (nSPS) is 11.6. The van der Waals surface area contributed by atoms with Crippen molar-refractivity contribution in [2.75, 3.05) is 0 Å². The molecule has 6 rings (SSSR count). The van der Waals surface area contributed by atoms with Crippen molar-refractivity contribution in [3.63, 3.8) is 0 Å². The Morgan fingerprint density at radius 1 is 0.545 bits per heavy atom. The first kappa shape index (κ1) is 29.6. The van der Waals surface area contributed by atoms with Gasteiger partial charge in [0.1, 0.15) is 25.7 Å². The van der Waals surface area contributed by atoms with Crippen LogP contribution in [0.3, 0.4) is 0 Å². The Morgan fingerprint density at radius 2 is 1.23 bits per heavy atom. The fourth-order valence-corrected chi connectivity index (χ4v) is 6.73. The summed E-state index contributed by atoms with van der Waals surface area (Å²) in [4.78, 5) is 0. The minimum atomic E-state index is -0.173. The number of fused-ring (bicyclic) bond motifs is 2. The molecule has 4 heteroatoms. The van der Waals surface area contributed by atoms with Crippen LogP contribution in [0.4, 0.5) is 8.78 Å². The van der Waals surface area contributed by atoms with Gasteiger partial charge in [0.25, 0.3) is 0 Å². The van der Waals surface area contributed by atoms with Crippen LogP contribution in [0.15, 0.2) is 72.8 Å². The van der Waals surface area contributed by atoms with E-state index >= 15 is 0 Å². The minimum Gasteiger partial charge on any atom is -0.207 e. The van der Waals surface area contributed by atoms with Crippen molar-refractivity contribution in [3.8, 4) is 22.5 Å². The lowest BCUT2D eigenvalue weighted by Gasteiger charge is -2.15. The topological polar surface area (TPSA) is 7.76 Å². The molecule has 0 saturated heterocycles. The molecule has 222 valence electrons. The summed E-state index contributed by atoms with van der Waals surface area (Å²) in [6.45, 7) is 12.4. The zero-order valence-electron chi connectivity index (χ0n) is 27.0. The summed E-state index contributed by atoms with van der Waals surface area (Å²) in [5.74, 6) is -0.345. The second-order valence-electron chi connectivity index (χ2n) is 12.5. The predicted octanol–water partition coefficient (Wildman–Crippen LogP) is 8.89. The molecule has 0 fully saturated rings. The van der Waals surface area contributed by atoms with Crippen LogP contribution in [0.2, 0.25) is 0 Å². The molecule has 2 nitrogen and oxygen atoms in total. The van der Waals surface area contributed by atoms with Gasteiger partial charge in [-0.25, -0.2) is 8.78 Å². The van der Waals surface area contributed by atoms with Gasteiger partial charge in [0.2, 0.25) is 22.4 Å². The molecule has 0 aliphatic carbocycles. The Labute approximate surface area is 259 Å².